The molecule has 6 nitrogen and oxygen atoms in total. The van der Waals surface area contributed by atoms with Crippen molar-refractivity contribution in [2.24, 2.45) is 5.10 Å². The summed E-state index contributed by atoms with van der Waals surface area (Å²) in [5.41, 5.74) is 0.816. The summed E-state index contributed by atoms with van der Waals surface area (Å²) in [4.78, 5) is 23.7. The molecule has 0 bridgehead atoms. The molecule has 0 radical (unpaired) electrons. The van der Waals surface area contributed by atoms with Gasteiger partial charge in [0.2, 0.25) is 0 Å². The summed E-state index contributed by atoms with van der Waals surface area (Å²) in [5, 5.41) is 5.30. The highest BCUT2D eigenvalue weighted by molar-refractivity contribution is 6.47. The van der Waals surface area contributed by atoms with E-state index in [1.807, 2.05) is 0 Å². The highest BCUT2D eigenvalue weighted by Gasteiger charge is 2.36. The van der Waals surface area contributed by atoms with E-state index >= 15 is 0 Å². The molecule has 1 aromatic carbocycles. The SMILES string of the molecule is C=CC(C)OC(=O)c1ccccc1N1N=C1C(=O)OCC. The van der Waals surface area contributed by atoms with Gasteiger partial charge in [-0.3, -0.25) is 0 Å². The van der Waals surface area contributed by atoms with Gasteiger partial charge in [0, 0.05) is 0 Å². The van der Waals surface area contributed by atoms with Gasteiger partial charge in [0.1, 0.15) is 6.10 Å². The predicted molar refractivity (Wildman–Crippen MR) is 78.1 cm³/mol. The molecule has 0 N–H and O–H groups in total. The molecule has 2 rings (SSSR count). The van der Waals surface area contributed by atoms with Crippen molar-refractivity contribution in [2.45, 2.75) is 20.0 Å². The normalized spacial score (nSPS) is 14.0. The Morgan fingerprint density at radius 1 is 1.38 bits per heavy atom. The second-order valence-corrected chi connectivity index (χ2v) is 4.32. The number of carbonyl (C=O) groups is 2. The lowest BCUT2D eigenvalue weighted by molar-refractivity contribution is -0.134. The van der Waals surface area contributed by atoms with E-state index in [1.54, 1.807) is 38.1 Å². The molecule has 0 aliphatic carbocycles. The van der Waals surface area contributed by atoms with Crippen LogP contribution in [0.5, 0.6) is 0 Å². The summed E-state index contributed by atoms with van der Waals surface area (Å²) in [6.07, 6.45) is 1.13. The molecule has 0 amide bonds. The average molecular weight is 288 g/mol. The fourth-order valence-corrected chi connectivity index (χ4v) is 1.67. The zero-order valence-electron chi connectivity index (χ0n) is 11.9. The molecule has 1 aliphatic rings. The Morgan fingerprint density at radius 3 is 2.76 bits per heavy atom. The van der Waals surface area contributed by atoms with E-state index in [0.717, 1.165) is 0 Å². The van der Waals surface area contributed by atoms with E-state index in [9.17, 15) is 9.59 Å². The van der Waals surface area contributed by atoms with Crippen LogP contribution in [0.25, 0.3) is 0 Å². The van der Waals surface area contributed by atoms with E-state index < -0.39 is 18.0 Å². The lowest BCUT2D eigenvalue weighted by Gasteiger charge is -2.12. The first-order valence-electron chi connectivity index (χ1n) is 6.57. The van der Waals surface area contributed by atoms with Crippen molar-refractivity contribution in [1.29, 1.82) is 0 Å². The Labute approximate surface area is 122 Å². The molecule has 21 heavy (non-hydrogen) atoms. The molecule has 0 aromatic heterocycles. The third kappa shape index (κ3) is 3.28. The molecule has 110 valence electrons. The molecular formula is C15H16N2O4. The van der Waals surface area contributed by atoms with Gasteiger partial charge in [-0.05, 0) is 26.0 Å². The van der Waals surface area contributed by atoms with Crippen molar-refractivity contribution >= 4 is 23.5 Å². The third-order valence-electron chi connectivity index (χ3n) is 2.79. The Balaban J connectivity index is 2.14. The minimum atomic E-state index is -0.514. The standard InChI is InChI=1S/C15H16N2O4/c1-4-10(3)21-14(18)11-8-6-7-9-12(11)17-13(16-17)15(19)20-5-2/h4,6-10H,1,5H2,2-3H3. The van der Waals surface area contributed by atoms with Crippen molar-refractivity contribution in [1.82, 2.24) is 0 Å². The van der Waals surface area contributed by atoms with E-state index in [0.29, 0.717) is 11.3 Å². The molecule has 1 unspecified atom stereocenters. The number of para-hydroxylation sites is 1. The van der Waals surface area contributed by atoms with Crippen LogP contribution in [-0.2, 0) is 14.3 Å². The molecule has 1 heterocycles. The molecular weight excluding hydrogens is 272 g/mol. The van der Waals surface area contributed by atoms with Crippen LogP contribution in [0, 0.1) is 0 Å². The van der Waals surface area contributed by atoms with E-state index in [1.165, 1.54) is 11.1 Å². The number of hydrogen-bond acceptors (Lipinski definition) is 6. The lowest BCUT2D eigenvalue weighted by atomic mass is 10.1. The highest BCUT2D eigenvalue weighted by Crippen LogP contribution is 2.28. The first-order valence-corrected chi connectivity index (χ1v) is 6.57. The Bertz CT molecular complexity index is 609. The number of carbonyl (C=O) groups excluding carboxylic acids is 2. The van der Waals surface area contributed by atoms with Gasteiger partial charge in [-0.15, -0.1) is 5.10 Å². The number of esters is 2. The zero-order valence-corrected chi connectivity index (χ0v) is 11.9. The maximum Gasteiger partial charge on any atom is 0.378 e. The largest absolute Gasteiger partial charge is 0.460 e. The summed E-state index contributed by atoms with van der Waals surface area (Å²) >= 11 is 0. The number of benzene rings is 1. The van der Waals surface area contributed by atoms with Gasteiger partial charge in [-0.2, -0.15) is 0 Å². The van der Waals surface area contributed by atoms with Gasteiger partial charge < -0.3 is 9.47 Å². The van der Waals surface area contributed by atoms with E-state index in [2.05, 4.69) is 11.7 Å². The smallest absolute Gasteiger partial charge is 0.378 e. The summed E-state index contributed by atoms with van der Waals surface area (Å²) in [7, 11) is 0. The van der Waals surface area contributed by atoms with Gasteiger partial charge in [0.15, 0.2) is 0 Å². The Morgan fingerprint density at radius 2 is 2.10 bits per heavy atom. The maximum atomic E-state index is 12.1. The summed E-state index contributed by atoms with van der Waals surface area (Å²) in [6, 6.07) is 6.76. The molecule has 0 spiro atoms. The molecule has 1 aliphatic heterocycles. The average Bonchev–Trinajstić information content (AvgIpc) is 3.27. The van der Waals surface area contributed by atoms with Gasteiger partial charge in [-0.1, -0.05) is 24.8 Å². The fourth-order valence-electron chi connectivity index (χ4n) is 1.67. The van der Waals surface area contributed by atoms with Crippen LogP contribution < -0.4 is 5.01 Å². The number of hydrogen-bond donors (Lipinski definition) is 0. The fraction of sp³-hybridized carbons (Fsp3) is 0.267. The number of hydrazone groups is 1. The van der Waals surface area contributed by atoms with Crippen LogP contribution in [0.4, 0.5) is 5.69 Å². The van der Waals surface area contributed by atoms with Crippen molar-refractivity contribution in [3.8, 4) is 0 Å². The number of rotatable bonds is 6. The van der Waals surface area contributed by atoms with Crippen LogP contribution in [-0.4, -0.2) is 30.5 Å². The Hall–Kier alpha value is -2.63. The van der Waals surface area contributed by atoms with Gasteiger partial charge in [0.25, 0.3) is 5.84 Å². The van der Waals surface area contributed by atoms with Crippen LogP contribution in [0.3, 0.4) is 0 Å². The molecule has 1 aromatic rings. The van der Waals surface area contributed by atoms with Gasteiger partial charge >= 0.3 is 11.9 Å². The summed E-state index contributed by atoms with van der Waals surface area (Å²) in [6.45, 7) is 7.26. The summed E-state index contributed by atoms with van der Waals surface area (Å²) in [5.74, 6) is -0.836. The minimum Gasteiger partial charge on any atom is -0.460 e. The molecule has 0 saturated carbocycles. The second kappa shape index (κ2) is 6.21. The number of amidine groups is 1. The molecule has 0 saturated heterocycles. The van der Waals surface area contributed by atoms with E-state index in [-0.39, 0.29) is 12.4 Å². The maximum absolute atomic E-state index is 12.1. The van der Waals surface area contributed by atoms with Gasteiger partial charge in [0.05, 0.1) is 17.9 Å². The first-order chi connectivity index (χ1) is 10.1. The number of anilines is 1. The molecule has 1 atom stereocenters. The van der Waals surface area contributed by atoms with E-state index in [4.69, 9.17) is 9.47 Å². The summed E-state index contributed by atoms with van der Waals surface area (Å²) < 4.78 is 10.1. The van der Waals surface area contributed by atoms with Crippen molar-refractivity contribution in [3.63, 3.8) is 0 Å². The monoisotopic (exact) mass is 288 g/mol. The third-order valence-corrected chi connectivity index (χ3v) is 2.79. The number of nitrogens with zero attached hydrogens (tertiary/aromatic N) is 2. The van der Waals surface area contributed by atoms with Gasteiger partial charge in [-0.25, -0.2) is 14.6 Å². The lowest BCUT2D eigenvalue weighted by Crippen LogP contribution is -2.20. The van der Waals surface area contributed by atoms with Crippen molar-refractivity contribution < 1.29 is 19.1 Å². The van der Waals surface area contributed by atoms with Crippen LogP contribution in [0.1, 0.15) is 24.2 Å². The Kier molecular flexibility index (Phi) is 4.37. The van der Waals surface area contributed by atoms with Crippen LogP contribution >= 0.6 is 0 Å². The van der Waals surface area contributed by atoms with Crippen LogP contribution in [0.2, 0.25) is 0 Å². The van der Waals surface area contributed by atoms with Crippen molar-refractivity contribution in [2.75, 3.05) is 11.6 Å². The van der Waals surface area contributed by atoms with Crippen molar-refractivity contribution in [3.05, 3.63) is 42.5 Å². The number of ether oxygens (including phenoxy) is 2. The van der Waals surface area contributed by atoms with Crippen LogP contribution in [0.15, 0.2) is 42.0 Å². The first kappa shape index (κ1) is 14.8. The molecule has 0 fully saturated rings. The predicted octanol–water partition coefficient (Wildman–Crippen LogP) is 2.11. The second-order valence-electron chi connectivity index (χ2n) is 4.32. The zero-order chi connectivity index (χ0) is 15.4. The quantitative estimate of drug-likeness (QED) is 0.592. The topological polar surface area (TPSA) is 68.0 Å². The minimum absolute atomic E-state index is 0.175. The molecule has 6 heteroatoms. The highest BCUT2D eigenvalue weighted by atomic mass is 16.5.